The molecule has 0 saturated carbocycles. The molecular formula is C11H19O. The van der Waals surface area contributed by atoms with Crippen LogP contribution in [0, 0.1) is 18.8 Å². The zero-order valence-corrected chi connectivity index (χ0v) is 8.07. The SMILES string of the molecule is [CH2]CCCCC#CCCCOC. The van der Waals surface area contributed by atoms with Crippen LogP contribution in [0.15, 0.2) is 0 Å². The van der Waals surface area contributed by atoms with E-state index in [1.807, 2.05) is 0 Å². The van der Waals surface area contributed by atoms with Crippen molar-refractivity contribution >= 4 is 0 Å². The largest absolute Gasteiger partial charge is 0.385 e. The van der Waals surface area contributed by atoms with Gasteiger partial charge in [0.1, 0.15) is 0 Å². The van der Waals surface area contributed by atoms with Crippen molar-refractivity contribution in [3.8, 4) is 11.8 Å². The van der Waals surface area contributed by atoms with Gasteiger partial charge in [-0.05, 0) is 12.8 Å². The number of hydrogen-bond acceptors (Lipinski definition) is 1. The maximum Gasteiger partial charge on any atom is 0.0471 e. The minimum absolute atomic E-state index is 0.827. The molecule has 0 aromatic heterocycles. The molecule has 0 spiro atoms. The fourth-order valence-electron chi connectivity index (χ4n) is 0.872. The van der Waals surface area contributed by atoms with Crippen molar-refractivity contribution in [3.63, 3.8) is 0 Å². The van der Waals surface area contributed by atoms with Crippen molar-refractivity contribution in [2.75, 3.05) is 13.7 Å². The first kappa shape index (κ1) is 11.5. The van der Waals surface area contributed by atoms with Crippen LogP contribution in [0.2, 0.25) is 0 Å². The van der Waals surface area contributed by atoms with E-state index in [4.69, 9.17) is 4.74 Å². The summed E-state index contributed by atoms with van der Waals surface area (Å²) < 4.78 is 4.91. The number of unbranched alkanes of at least 4 members (excludes halogenated alkanes) is 4. The molecule has 0 amide bonds. The van der Waals surface area contributed by atoms with E-state index in [-0.39, 0.29) is 0 Å². The van der Waals surface area contributed by atoms with Crippen molar-refractivity contribution in [2.24, 2.45) is 0 Å². The Morgan fingerprint density at radius 3 is 2.33 bits per heavy atom. The molecule has 0 aliphatic heterocycles. The first-order chi connectivity index (χ1) is 5.91. The lowest BCUT2D eigenvalue weighted by molar-refractivity contribution is 0.196. The molecular weight excluding hydrogens is 148 g/mol. The average Bonchev–Trinajstić information content (AvgIpc) is 2.10. The van der Waals surface area contributed by atoms with Crippen LogP contribution in [-0.4, -0.2) is 13.7 Å². The molecule has 0 bridgehead atoms. The summed E-state index contributed by atoms with van der Waals surface area (Å²) in [5, 5.41) is 0. The summed E-state index contributed by atoms with van der Waals surface area (Å²) in [6.45, 7) is 4.61. The molecule has 0 N–H and O–H groups in total. The lowest BCUT2D eigenvalue weighted by Gasteiger charge is -1.91. The van der Waals surface area contributed by atoms with Gasteiger partial charge in [-0.2, -0.15) is 0 Å². The molecule has 1 radical (unpaired) electrons. The molecule has 1 nitrogen and oxygen atoms in total. The predicted octanol–water partition coefficient (Wildman–Crippen LogP) is 2.81. The van der Waals surface area contributed by atoms with Gasteiger partial charge in [0.05, 0.1) is 0 Å². The second kappa shape index (κ2) is 10.5. The van der Waals surface area contributed by atoms with Gasteiger partial charge in [0.25, 0.3) is 0 Å². The Balaban J connectivity index is 3.01. The number of hydrogen-bond donors (Lipinski definition) is 0. The summed E-state index contributed by atoms with van der Waals surface area (Å²) in [7, 11) is 1.72. The van der Waals surface area contributed by atoms with Crippen LogP contribution in [0.4, 0.5) is 0 Å². The van der Waals surface area contributed by atoms with Crippen LogP contribution < -0.4 is 0 Å². The Morgan fingerprint density at radius 1 is 1.08 bits per heavy atom. The standard InChI is InChI=1S/C11H19O/c1-3-4-5-6-7-8-9-10-11-12-2/h1,3-6,9-11H2,2H3. The minimum Gasteiger partial charge on any atom is -0.385 e. The van der Waals surface area contributed by atoms with Gasteiger partial charge in [-0.3, -0.25) is 0 Å². The second-order valence-electron chi connectivity index (χ2n) is 2.76. The van der Waals surface area contributed by atoms with Crippen molar-refractivity contribution in [1.82, 2.24) is 0 Å². The fourth-order valence-corrected chi connectivity index (χ4v) is 0.872. The number of rotatable bonds is 6. The molecule has 0 rings (SSSR count). The molecule has 0 heterocycles. The highest BCUT2D eigenvalue weighted by Crippen LogP contribution is 1.96. The molecule has 12 heavy (non-hydrogen) atoms. The maximum absolute atomic E-state index is 4.91. The Kier molecular flexibility index (Phi) is 10.1. The Morgan fingerprint density at radius 2 is 1.75 bits per heavy atom. The van der Waals surface area contributed by atoms with Gasteiger partial charge in [-0.15, -0.1) is 11.8 Å². The van der Waals surface area contributed by atoms with Gasteiger partial charge in [0.15, 0.2) is 0 Å². The fraction of sp³-hybridized carbons (Fsp3) is 0.727. The zero-order valence-electron chi connectivity index (χ0n) is 8.07. The van der Waals surface area contributed by atoms with Gasteiger partial charge in [0, 0.05) is 26.6 Å². The third kappa shape index (κ3) is 9.52. The van der Waals surface area contributed by atoms with E-state index < -0.39 is 0 Å². The summed E-state index contributed by atoms with van der Waals surface area (Å²) in [4.78, 5) is 0. The maximum atomic E-state index is 4.91. The average molecular weight is 167 g/mol. The summed E-state index contributed by atoms with van der Waals surface area (Å²) in [5.41, 5.74) is 0. The van der Waals surface area contributed by atoms with E-state index in [1.54, 1.807) is 7.11 Å². The van der Waals surface area contributed by atoms with Gasteiger partial charge < -0.3 is 4.74 Å². The molecule has 0 atom stereocenters. The van der Waals surface area contributed by atoms with Crippen LogP contribution in [0.1, 0.15) is 38.5 Å². The van der Waals surface area contributed by atoms with Gasteiger partial charge in [0.2, 0.25) is 0 Å². The van der Waals surface area contributed by atoms with E-state index in [9.17, 15) is 0 Å². The van der Waals surface area contributed by atoms with Crippen LogP contribution in [0.3, 0.4) is 0 Å². The first-order valence-corrected chi connectivity index (χ1v) is 4.65. The zero-order chi connectivity index (χ0) is 9.07. The highest BCUT2D eigenvalue weighted by atomic mass is 16.5. The first-order valence-electron chi connectivity index (χ1n) is 4.65. The van der Waals surface area contributed by atoms with E-state index in [0.717, 1.165) is 32.3 Å². The highest BCUT2D eigenvalue weighted by Gasteiger charge is 1.82. The van der Waals surface area contributed by atoms with Gasteiger partial charge in [-0.1, -0.05) is 19.8 Å². The third-order valence-corrected chi connectivity index (χ3v) is 1.58. The highest BCUT2D eigenvalue weighted by molar-refractivity contribution is 4.98. The summed E-state index contributed by atoms with van der Waals surface area (Å²) in [6.07, 6.45) is 6.48. The summed E-state index contributed by atoms with van der Waals surface area (Å²) in [5.74, 6) is 6.27. The Bertz CT molecular complexity index is 116. The quantitative estimate of drug-likeness (QED) is 0.436. The Hall–Kier alpha value is -0.480. The molecule has 69 valence electrons. The van der Waals surface area contributed by atoms with E-state index in [1.165, 1.54) is 12.8 Å². The molecule has 0 unspecified atom stereocenters. The minimum atomic E-state index is 0.827. The molecule has 0 aliphatic rings. The smallest absolute Gasteiger partial charge is 0.0471 e. The lowest BCUT2D eigenvalue weighted by atomic mass is 10.2. The lowest BCUT2D eigenvalue weighted by Crippen LogP contribution is -1.85. The normalized spacial score (nSPS) is 9.17. The molecule has 0 fully saturated rings. The van der Waals surface area contributed by atoms with Crippen LogP contribution in [0.25, 0.3) is 0 Å². The molecule has 0 saturated heterocycles. The van der Waals surface area contributed by atoms with Gasteiger partial charge >= 0.3 is 0 Å². The van der Waals surface area contributed by atoms with E-state index >= 15 is 0 Å². The topological polar surface area (TPSA) is 9.23 Å². The van der Waals surface area contributed by atoms with Crippen molar-refractivity contribution in [3.05, 3.63) is 6.92 Å². The predicted molar refractivity (Wildman–Crippen MR) is 52.7 cm³/mol. The molecule has 0 aliphatic carbocycles. The molecule has 0 aromatic carbocycles. The number of methoxy groups -OCH3 is 1. The van der Waals surface area contributed by atoms with Crippen molar-refractivity contribution < 1.29 is 4.74 Å². The van der Waals surface area contributed by atoms with Crippen LogP contribution in [-0.2, 0) is 4.74 Å². The van der Waals surface area contributed by atoms with Gasteiger partial charge in [-0.25, -0.2) is 0 Å². The van der Waals surface area contributed by atoms with Crippen LogP contribution >= 0.6 is 0 Å². The van der Waals surface area contributed by atoms with Crippen LogP contribution in [0.5, 0.6) is 0 Å². The summed E-state index contributed by atoms with van der Waals surface area (Å²) in [6, 6.07) is 0. The Labute approximate surface area is 76.5 Å². The number of ether oxygens (including phenoxy) is 1. The second-order valence-corrected chi connectivity index (χ2v) is 2.76. The monoisotopic (exact) mass is 167 g/mol. The van der Waals surface area contributed by atoms with E-state index in [2.05, 4.69) is 18.8 Å². The molecule has 1 heteroatoms. The van der Waals surface area contributed by atoms with Crippen molar-refractivity contribution in [1.29, 1.82) is 0 Å². The van der Waals surface area contributed by atoms with E-state index in [0.29, 0.717) is 0 Å². The summed E-state index contributed by atoms with van der Waals surface area (Å²) >= 11 is 0. The third-order valence-electron chi connectivity index (χ3n) is 1.58. The van der Waals surface area contributed by atoms with Crippen molar-refractivity contribution in [2.45, 2.75) is 38.5 Å². The molecule has 0 aromatic rings.